The van der Waals surface area contributed by atoms with Crippen molar-refractivity contribution in [3.63, 3.8) is 0 Å². The number of hydrogen-bond donors (Lipinski definition) is 0. The maximum atomic E-state index is 2.51. The van der Waals surface area contributed by atoms with Crippen molar-refractivity contribution in [3.05, 3.63) is 230 Å². The molecule has 12 rings (SSSR count). The second kappa shape index (κ2) is 14.8. The first kappa shape index (κ1) is 37.1. The summed E-state index contributed by atoms with van der Waals surface area (Å²) >= 11 is 0. The Hall–Kier alpha value is -7.68. The zero-order valence-electron chi connectivity index (χ0n) is 35.6. The van der Waals surface area contributed by atoms with Crippen LogP contribution in [-0.4, -0.2) is 4.57 Å². The molecule has 0 atom stereocenters. The highest BCUT2D eigenvalue weighted by Crippen LogP contribution is 2.55. The summed E-state index contributed by atoms with van der Waals surface area (Å²) in [6, 6.07) is 81.0. The maximum absolute atomic E-state index is 2.51. The molecule has 0 saturated carbocycles. The highest BCUT2D eigenvalue weighted by molar-refractivity contribution is 6.09. The lowest BCUT2D eigenvalue weighted by molar-refractivity contribution is 0.490. The van der Waals surface area contributed by atoms with Gasteiger partial charge in [0.15, 0.2) is 0 Å². The average Bonchev–Trinajstić information content (AvgIpc) is 3.83. The molecule has 2 nitrogen and oxygen atoms in total. The van der Waals surface area contributed by atoms with Gasteiger partial charge in [-0.15, -0.1) is 0 Å². The number of anilines is 3. The molecule has 2 heteroatoms. The van der Waals surface area contributed by atoms with Gasteiger partial charge in [-0.1, -0.05) is 172 Å². The van der Waals surface area contributed by atoms with Crippen LogP contribution in [0.15, 0.2) is 218 Å². The number of hydrogen-bond acceptors (Lipinski definition) is 1. The second-order valence-corrected chi connectivity index (χ2v) is 17.1. The smallest absolute Gasteiger partial charge is 0.0541 e. The number of aromatic nitrogens is 1. The minimum Gasteiger partial charge on any atom is -0.310 e. The van der Waals surface area contributed by atoms with E-state index in [4.69, 9.17) is 0 Å². The minimum absolute atomic E-state index is 0.156. The topological polar surface area (TPSA) is 8.17 Å². The van der Waals surface area contributed by atoms with E-state index < -0.39 is 0 Å². The number of nitrogens with zero attached hydrogens (tertiary/aromatic N) is 2. The normalized spacial score (nSPS) is 12.9. The zero-order valence-corrected chi connectivity index (χ0v) is 35.6. The third-order valence-corrected chi connectivity index (χ3v) is 14.0. The monoisotopic (exact) mass is 806 g/mol. The summed E-state index contributed by atoms with van der Waals surface area (Å²) in [7, 11) is 0. The van der Waals surface area contributed by atoms with Gasteiger partial charge in [0.2, 0.25) is 0 Å². The first-order valence-corrected chi connectivity index (χ1v) is 22.4. The van der Waals surface area contributed by atoms with Crippen LogP contribution in [0.2, 0.25) is 0 Å². The van der Waals surface area contributed by atoms with Crippen LogP contribution >= 0.6 is 0 Å². The van der Waals surface area contributed by atoms with E-state index >= 15 is 0 Å². The van der Waals surface area contributed by atoms with Crippen LogP contribution in [0.5, 0.6) is 0 Å². The molecule has 0 unspecified atom stereocenters. The lowest BCUT2D eigenvalue weighted by Crippen LogP contribution is -2.23. The average molecular weight is 807 g/mol. The van der Waals surface area contributed by atoms with Gasteiger partial charge in [-0.05, 0) is 140 Å². The molecular formula is C61H46N2. The molecule has 10 aromatic carbocycles. The highest BCUT2D eigenvalue weighted by atomic mass is 15.1. The molecule has 300 valence electrons. The Morgan fingerprint density at radius 3 is 1.37 bits per heavy atom. The molecule has 1 heterocycles. The van der Waals surface area contributed by atoms with Crippen LogP contribution in [-0.2, 0) is 5.41 Å². The van der Waals surface area contributed by atoms with Gasteiger partial charge in [0.1, 0.15) is 0 Å². The van der Waals surface area contributed by atoms with Gasteiger partial charge in [0.05, 0.1) is 11.0 Å². The van der Waals surface area contributed by atoms with Crippen LogP contribution in [0.1, 0.15) is 37.8 Å². The van der Waals surface area contributed by atoms with Crippen molar-refractivity contribution in [3.8, 4) is 39.1 Å². The molecule has 11 aromatic rings. The standard InChI is InChI=1S/C61H46N2/c1-3-61(4-2)57-39-47(33-35-53(57)54-36-34-48(40-58(54)61)63-59-31-11-9-27-55(59)56-28-10-12-32-60(56)63)62(45-23-13-21-43(37-45)51-29-15-19-41-17-5-7-25-49(41)51)46-24-14-22-44(38-46)52-30-16-20-42-18-6-8-26-50(42)52/h5-40H,3-4H2,1-2H3. The summed E-state index contributed by atoms with van der Waals surface area (Å²) < 4.78 is 2.46. The first-order valence-electron chi connectivity index (χ1n) is 22.4. The summed E-state index contributed by atoms with van der Waals surface area (Å²) in [5.74, 6) is 0. The third kappa shape index (κ3) is 5.79. The summed E-state index contributed by atoms with van der Waals surface area (Å²) in [5, 5.41) is 7.58. The van der Waals surface area contributed by atoms with E-state index in [-0.39, 0.29) is 5.41 Å². The van der Waals surface area contributed by atoms with Crippen LogP contribution in [0, 0.1) is 0 Å². The summed E-state index contributed by atoms with van der Waals surface area (Å²) in [4.78, 5) is 2.48. The molecule has 0 radical (unpaired) electrons. The molecule has 0 aliphatic heterocycles. The van der Waals surface area contributed by atoms with E-state index in [9.17, 15) is 0 Å². The molecule has 0 amide bonds. The number of para-hydroxylation sites is 2. The van der Waals surface area contributed by atoms with E-state index in [1.54, 1.807) is 0 Å². The number of fused-ring (bicyclic) bond motifs is 8. The first-order chi connectivity index (χ1) is 31.1. The lowest BCUT2D eigenvalue weighted by atomic mass is 9.73. The van der Waals surface area contributed by atoms with Crippen LogP contribution < -0.4 is 4.90 Å². The Balaban J connectivity index is 1.04. The van der Waals surface area contributed by atoms with Crippen molar-refractivity contribution in [2.75, 3.05) is 4.90 Å². The van der Waals surface area contributed by atoms with Crippen LogP contribution in [0.25, 0.3) is 82.4 Å². The third-order valence-electron chi connectivity index (χ3n) is 14.0. The Morgan fingerprint density at radius 2 is 0.810 bits per heavy atom. The molecule has 63 heavy (non-hydrogen) atoms. The Morgan fingerprint density at radius 1 is 0.365 bits per heavy atom. The molecule has 1 aliphatic rings. The van der Waals surface area contributed by atoms with Gasteiger partial charge >= 0.3 is 0 Å². The van der Waals surface area contributed by atoms with Crippen molar-refractivity contribution in [1.82, 2.24) is 4.57 Å². The Kier molecular flexibility index (Phi) is 8.69. The van der Waals surface area contributed by atoms with Gasteiger partial charge in [-0.2, -0.15) is 0 Å². The van der Waals surface area contributed by atoms with Crippen molar-refractivity contribution in [2.45, 2.75) is 32.1 Å². The predicted molar refractivity (Wildman–Crippen MR) is 268 cm³/mol. The maximum Gasteiger partial charge on any atom is 0.0541 e. The van der Waals surface area contributed by atoms with E-state index in [2.05, 4.69) is 242 Å². The van der Waals surface area contributed by atoms with Crippen molar-refractivity contribution in [2.24, 2.45) is 0 Å². The second-order valence-electron chi connectivity index (χ2n) is 17.1. The van der Waals surface area contributed by atoms with Gasteiger partial charge in [-0.25, -0.2) is 0 Å². The zero-order chi connectivity index (χ0) is 42.1. The van der Waals surface area contributed by atoms with E-state index in [0.717, 1.165) is 29.9 Å². The molecule has 0 fully saturated rings. The van der Waals surface area contributed by atoms with Crippen molar-refractivity contribution in [1.29, 1.82) is 0 Å². The summed E-state index contributed by atoms with van der Waals surface area (Å²) in [5.41, 5.74) is 17.3. The molecular weight excluding hydrogens is 761 g/mol. The predicted octanol–water partition coefficient (Wildman–Crippen LogP) is 17.0. The fraction of sp³-hybridized carbons (Fsp3) is 0.0820. The molecule has 0 bridgehead atoms. The largest absolute Gasteiger partial charge is 0.310 e. The number of rotatable bonds is 8. The van der Waals surface area contributed by atoms with Crippen LogP contribution in [0.3, 0.4) is 0 Å². The van der Waals surface area contributed by atoms with Crippen molar-refractivity contribution >= 4 is 60.4 Å². The van der Waals surface area contributed by atoms with Crippen molar-refractivity contribution < 1.29 is 0 Å². The van der Waals surface area contributed by atoms with E-state index in [1.807, 2.05) is 0 Å². The fourth-order valence-electron chi connectivity index (χ4n) is 11.0. The Labute approximate surface area is 368 Å². The van der Waals surface area contributed by atoms with Gasteiger partial charge in [0.25, 0.3) is 0 Å². The quantitative estimate of drug-likeness (QED) is 0.148. The van der Waals surface area contributed by atoms with Crippen LogP contribution in [0.4, 0.5) is 17.1 Å². The SMILES string of the molecule is CCC1(CC)c2cc(N(c3cccc(-c4cccc5ccccc45)c3)c3cccc(-c4cccc5ccccc45)c3)ccc2-c2ccc(-n3c4ccccc4c4ccccc43)cc21. The minimum atomic E-state index is -0.156. The Bertz CT molecular complexity index is 3380. The molecule has 1 aromatic heterocycles. The molecule has 1 aliphatic carbocycles. The molecule has 0 spiro atoms. The molecule has 0 N–H and O–H groups in total. The van der Waals surface area contributed by atoms with Gasteiger partial charge < -0.3 is 9.47 Å². The summed E-state index contributed by atoms with van der Waals surface area (Å²) in [6.07, 6.45) is 1.99. The lowest BCUT2D eigenvalue weighted by Gasteiger charge is -2.32. The van der Waals surface area contributed by atoms with E-state index in [0.29, 0.717) is 0 Å². The van der Waals surface area contributed by atoms with E-state index in [1.165, 1.54) is 93.5 Å². The number of benzene rings is 10. The highest BCUT2D eigenvalue weighted by Gasteiger charge is 2.41. The molecule has 0 saturated heterocycles. The summed E-state index contributed by atoms with van der Waals surface area (Å²) in [6.45, 7) is 4.75. The van der Waals surface area contributed by atoms with Gasteiger partial charge in [0, 0.05) is 38.9 Å². The fourth-order valence-corrected chi connectivity index (χ4v) is 11.0. The van der Waals surface area contributed by atoms with Gasteiger partial charge in [-0.3, -0.25) is 0 Å².